The van der Waals surface area contributed by atoms with Crippen LogP contribution < -0.4 is 20.0 Å². The van der Waals surface area contributed by atoms with Gasteiger partial charge in [-0.1, -0.05) is 50.2 Å². The maximum absolute atomic E-state index is 5.25. The molecule has 10 aliphatic rings. The maximum atomic E-state index is 5.25. The number of piperidine rings is 6. The second-order valence-electron chi connectivity index (χ2n) is 31.2. The lowest BCUT2D eigenvalue weighted by atomic mass is 9.64. The summed E-state index contributed by atoms with van der Waals surface area (Å²) in [6.45, 7) is 13.3. The van der Waals surface area contributed by atoms with Crippen molar-refractivity contribution >= 4 is 34.4 Å². The predicted octanol–water partition coefficient (Wildman–Crippen LogP) is 15.0. The summed E-state index contributed by atoms with van der Waals surface area (Å²) in [5.74, 6) is 10.8. The molecule has 6 saturated heterocycles. The first-order valence-corrected chi connectivity index (χ1v) is 38.2. The number of pyridine rings is 6. The number of likely N-dealkylation sites (tertiary alicyclic amines) is 2. The van der Waals surface area contributed by atoms with Gasteiger partial charge in [0, 0.05) is 101 Å². The molecule has 97 heavy (non-hydrogen) atoms. The van der Waals surface area contributed by atoms with E-state index in [1.165, 1.54) is 229 Å². The fourth-order valence-electron chi connectivity index (χ4n) is 21.2. The molecule has 508 valence electrons. The number of rotatable bonds is 11. The second kappa shape index (κ2) is 27.8. The van der Waals surface area contributed by atoms with E-state index in [2.05, 4.69) is 153 Å². The zero-order valence-electron chi connectivity index (χ0n) is 56.8. The van der Waals surface area contributed by atoms with Crippen LogP contribution in [0.15, 0.2) is 128 Å². The number of fused-ring (bicyclic) bond motifs is 12. The zero-order valence-corrected chi connectivity index (χ0v) is 56.8. The third kappa shape index (κ3) is 12.6. The minimum atomic E-state index is 0. The molecule has 1 unspecified atom stereocenters. The summed E-state index contributed by atoms with van der Waals surface area (Å²) in [6.07, 6.45) is 41.2. The Morgan fingerprint density at radius 3 is 1.24 bits per heavy atom. The van der Waals surface area contributed by atoms with Crippen molar-refractivity contribution in [3.05, 3.63) is 179 Å². The topological polar surface area (TPSA) is 119 Å². The predicted molar refractivity (Wildman–Crippen MR) is 389 cm³/mol. The SMILES string of the molecule is C.c1cnc2c(c1)CC[C@@H]1CCCN(Cc3cn4c(N5CCC(C6CCN(c7cccc8nc(CC9CCC[C@H]%10CCc%11cccnc%11[C@@H]9%10)cn78)CC6)CC5)cccc4n3)[C@H]21.c1cnc2c(c1)CC[C@@H]1CCCN(Cc3cn4c(N5CCC(C6CCNCC6)CC5)cccc4n3)[C@H]21. The fourth-order valence-corrected chi connectivity index (χ4v) is 21.2. The molecule has 15 nitrogen and oxygen atoms in total. The Kier molecular flexibility index (Phi) is 18.2. The average molecular weight is 1300 g/mol. The highest BCUT2D eigenvalue weighted by atomic mass is 15.3. The highest BCUT2D eigenvalue weighted by molar-refractivity contribution is 5.55. The van der Waals surface area contributed by atoms with Crippen molar-refractivity contribution in [2.75, 3.05) is 80.1 Å². The Morgan fingerprint density at radius 1 is 0.361 bits per heavy atom. The molecular weight excluding hydrogens is 1200 g/mol. The van der Waals surface area contributed by atoms with Gasteiger partial charge in [-0.05, 0) is 280 Å². The zero-order chi connectivity index (χ0) is 63.5. The third-order valence-corrected chi connectivity index (χ3v) is 26.0. The summed E-state index contributed by atoms with van der Waals surface area (Å²) in [4.78, 5) is 43.6. The van der Waals surface area contributed by atoms with Gasteiger partial charge < -0.3 is 20.0 Å². The van der Waals surface area contributed by atoms with Crippen molar-refractivity contribution < 1.29 is 0 Å². The molecule has 0 amide bonds. The molecule has 0 radical (unpaired) electrons. The average Bonchev–Trinajstić information content (AvgIpc) is 1.01. The minimum absolute atomic E-state index is 0. The second-order valence-corrected chi connectivity index (χ2v) is 31.2. The van der Waals surface area contributed by atoms with Crippen LogP contribution in [0.2, 0.25) is 0 Å². The summed E-state index contributed by atoms with van der Waals surface area (Å²) in [5.41, 5.74) is 15.3. The van der Waals surface area contributed by atoms with Crippen molar-refractivity contribution in [2.24, 2.45) is 47.3 Å². The molecule has 19 rings (SSSR count). The van der Waals surface area contributed by atoms with Gasteiger partial charge in [0.1, 0.15) is 34.4 Å². The van der Waals surface area contributed by atoms with E-state index in [1.54, 1.807) is 0 Å². The first-order chi connectivity index (χ1) is 47.5. The van der Waals surface area contributed by atoms with Gasteiger partial charge in [-0.25, -0.2) is 15.0 Å². The van der Waals surface area contributed by atoms with E-state index in [0.717, 1.165) is 111 Å². The lowest BCUT2D eigenvalue weighted by Crippen LogP contribution is -2.41. The minimum Gasteiger partial charge on any atom is -0.358 e. The summed E-state index contributed by atoms with van der Waals surface area (Å²) >= 11 is 0. The molecule has 15 heteroatoms. The fraction of sp³-hybridized carbons (Fsp3) is 0.561. The van der Waals surface area contributed by atoms with Crippen LogP contribution in [0, 0.1) is 47.3 Å². The van der Waals surface area contributed by atoms with E-state index in [1.807, 2.05) is 18.6 Å². The van der Waals surface area contributed by atoms with E-state index < -0.39 is 0 Å². The normalized spacial score (nSPS) is 26.1. The van der Waals surface area contributed by atoms with Gasteiger partial charge in [0.15, 0.2) is 0 Å². The smallest absolute Gasteiger partial charge is 0.138 e. The number of nitrogens with one attached hydrogen (secondary N) is 1. The summed E-state index contributed by atoms with van der Waals surface area (Å²) in [5, 5.41) is 3.53. The summed E-state index contributed by atoms with van der Waals surface area (Å²) in [6, 6.07) is 34.2. The maximum Gasteiger partial charge on any atom is 0.138 e. The number of anilines is 3. The van der Waals surface area contributed by atoms with Crippen LogP contribution in [0.25, 0.3) is 16.9 Å². The van der Waals surface area contributed by atoms with Crippen LogP contribution in [0.5, 0.6) is 0 Å². The number of aryl methyl sites for hydroxylation is 3. The van der Waals surface area contributed by atoms with Crippen molar-refractivity contribution in [3.8, 4) is 0 Å². The Labute approximate surface area is 575 Å². The Morgan fingerprint density at radius 2 is 0.763 bits per heavy atom. The standard InChI is InChI=1S/C51H61N9.C30H40N6.CH4/c1-7-37-16-17-38-9-4-24-52-49(38)48(37)41(8-1)31-42-33-59-44(54-42)12-2-14-46(59)56-27-20-35(21-28-56)36-22-29-57(30-23-36)47-15-3-13-45-55-43(34-60(45)47)32-58-26-6-11-40-19-18-39-10-5-25-53-50(39)51(40)58;1-6-27-33-26(20-35-17-3-5-25-9-8-24-4-2-14-32-29(24)30(25)35)21-36(27)28(7-1)34-18-12-23(13-19-34)22-10-15-31-16-11-22;/h2-5,9-10,12-15,24-25,33-37,40-41,48,51H,1,6-8,11,16-23,26-32H2;1-2,4,6-7,14,21-23,25,30-31H,3,5,8-13,15-20H2;1H4/t37-,40-,41?,48+,51-;25-,30-;/m00./s1. The van der Waals surface area contributed by atoms with E-state index >= 15 is 0 Å². The van der Waals surface area contributed by atoms with E-state index in [-0.39, 0.29) is 7.43 Å². The van der Waals surface area contributed by atoms with Gasteiger partial charge in [-0.2, -0.15) is 0 Å². The number of imidazole rings is 3. The van der Waals surface area contributed by atoms with Gasteiger partial charge in [0.05, 0.1) is 40.6 Å². The quantitative estimate of drug-likeness (QED) is 0.133. The largest absolute Gasteiger partial charge is 0.358 e. The van der Waals surface area contributed by atoms with Crippen LogP contribution in [0.4, 0.5) is 17.5 Å². The van der Waals surface area contributed by atoms with E-state index in [9.17, 15) is 0 Å². The molecule has 7 atom stereocenters. The monoisotopic (exact) mass is 1300 g/mol. The number of aromatic nitrogens is 9. The van der Waals surface area contributed by atoms with Crippen molar-refractivity contribution in [2.45, 2.75) is 180 Å². The van der Waals surface area contributed by atoms with E-state index in [4.69, 9.17) is 29.9 Å². The summed E-state index contributed by atoms with van der Waals surface area (Å²) < 4.78 is 7.14. The number of hydrogen-bond donors (Lipinski definition) is 1. The first-order valence-electron chi connectivity index (χ1n) is 38.2. The Hall–Kier alpha value is -7.20. The van der Waals surface area contributed by atoms with Gasteiger partial charge in [-0.3, -0.25) is 38.0 Å². The molecule has 6 aliphatic heterocycles. The Bertz CT molecular complexity index is 3980. The highest BCUT2D eigenvalue weighted by Gasteiger charge is 2.42. The molecule has 7 fully saturated rings. The molecule has 0 spiro atoms. The van der Waals surface area contributed by atoms with Gasteiger partial charge in [-0.15, -0.1) is 0 Å². The van der Waals surface area contributed by atoms with Crippen LogP contribution in [-0.2, 0) is 38.8 Å². The van der Waals surface area contributed by atoms with Gasteiger partial charge in [0.2, 0.25) is 0 Å². The van der Waals surface area contributed by atoms with Crippen molar-refractivity contribution in [1.82, 2.24) is 58.2 Å². The molecule has 0 aromatic carbocycles. The van der Waals surface area contributed by atoms with Gasteiger partial charge in [0.25, 0.3) is 0 Å². The van der Waals surface area contributed by atoms with Gasteiger partial charge >= 0.3 is 0 Å². The van der Waals surface area contributed by atoms with Crippen LogP contribution in [0.3, 0.4) is 0 Å². The molecule has 9 aromatic rings. The van der Waals surface area contributed by atoms with Crippen LogP contribution in [-0.4, -0.2) is 118 Å². The third-order valence-electron chi connectivity index (χ3n) is 26.0. The molecule has 0 bridgehead atoms. The van der Waals surface area contributed by atoms with E-state index in [0.29, 0.717) is 29.8 Å². The number of hydrogen-bond acceptors (Lipinski definition) is 12. The van der Waals surface area contributed by atoms with Crippen molar-refractivity contribution in [1.29, 1.82) is 0 Å². The van der Waals surface area contributed by atoms with Crippen LogP contribution in [0.1, 0.15) is 192 Å². The first kappa shape index (κ1) is 63.3. The van der Waals surface area contributed by atoms with Crippen LogP contribution >= 0.6 is 0 Å². The molecule has 9 aromatic heterocycles. The summed E-state index contributed by atoms with van der Waals surface area (Å²) in [7, 11) is 0. The molecule has 15 heterocycles. The molecule has 1 saturated carbocycles. The molecule has 1 N–H and O–H groups in total. The molecular formula is C82H105N15. The number of nitrogens with zero attached hydrogens (tertiary/aromatic N) is 14. The van der Waals surface area contributed by atoms with Crippen molar-refractivity contribution in [3.63, 3.8) is 0 Å². The highest BCUT2D eigenvalue weighted by Crippen LogP contribution is 2.50. The lowest BCUT2D eigenvalue weighted by Gasteiger charge is -2.44. The lowest BCUT2D eigenvalue weighted by molar-refractivity contribution is 0.0686. The Balaban J connectivity index is 0.000000164. The molecule has 4 aliphatic carbocycles.